The van der Waals surface area contributed by atoms with Crippen LogP contribution in [-0.2, 0) is 23.8 Å². The second-order valence-corrected chi connectivity index (χ2v) is 5.73. The Bertz CT molecular complexity index is 591. The van der Waals surface area contributed by atoms with E-state index >= 15 is 0 Å². The van der Waals surface area contributed by atoms with E-state index in [2.05, 4.69) is 5.32 Å². The number of hydrogen-bond acceptors (Lipinski definition) is 6. The van der Waals surface area contributed by atoms with Gasteiger partial charge in [0.1, 0.15) is 18.3 Å². The highest BCUT2D eigenvalue weighted by Crippen LogP contribution is 2.41. The van der Waals surface area contributed by atoms with Gasteiger partial charge in [-0.05, 0) is 0 Å². The van der Waals surface area contributed by atoms with Crippen molar-refractivity contribution in [1.29, 1.82) is 0 Å². The van der Waals surface area contributed by atoms with E-state index in [0.717, 1.165) is 5.56 Å². The molecular formula is C16H19NO6. The molecule has 0 unspecified atom stereocenters. The summed E-state index contributed by atoms with van der Waals surface area (Å²) in [5.41, 5.74) is 0.812. The first-order chi connectivity index (χ1) is 11.0. The number of benzene rings is 1. The van der Waals surface area contributed by atoms with Crippen molar-refractivity contribution in [2.45, 2.75) is 50.6 Å². The zero-order valence-corrected chi connectivity index (χ0v) is 12.8. The molecule has 0 aromatic heterocycles. The van der Waals surface area contributed by atoms with E-state index in [-0.39, 0.29) is 5.91 Å². The molecule has 6 atom stereocenters. The van der Waals surface area contributed by atoms with Gasteiger partial charge in [-0.25, -0.2) is 0 Å². The van der Waals surface area contributed by atoms with Crippen molar-refractivity contribution in [3.63, 3.8) is 0 Å². The number of aliphatic hydroxyl groups excluding tert-OH is 1. The Morgan fingerprint density at radius 2 is 1.78 bits per heavy atom. The van der Waals surface area contributed by atoms with Crippen LogP contribution in [0.2, 0.25) is 0 Å². The first-order valence-corrected chi connectivity index (χ1v) is 7.45. The number of aliphatic hydroxyl groups is 1. The van der Waals surface area contributed by atoms with Crippen LogP contribution in [0.15, 0.2) is 30.3 Å². The maximum absolute atomic E-state index is 11.4. The van der Waals surface area contributed by atoms with Gasteiger partial charge in [-0.2, -0.15) is 0 Å². The maximum Gasteiger partial charge on any atom is 0.303 e. The molecule has 2 fully saturated rings. The molecule has 124 valence electrons. The Morgan fingerprint density at radius 3 is 2.39 bits per heavy atom. The average molecular weight is 321 g/mol. The molecule has 0 radical (unpaired) electrons. The van der Waals surface area contributed by atoms with Crippen LogP contribution in [0.4, 0.5) is 0 Å². The Morgan fingerprint density at radius 1 is 1.13 bits per heavy atom. The second-order valence-electron chi connectivity index (χ2n) is 5.73. The summed E-state index contributed by atoms with van der Waals surface area (Å²) in [6.45, 7) is 2.61. The molecule has 1 heterocycles. The van der Waals surface area contributed by atoms with E-state index in [1.807, 2.05) is 30.3 Å². The van der Waals surface area contributed by atoms with Gasteiger partial charge in [-0.1, -0.05) is 30.3 Å². The highest BCUT2D eigenvalue weighted by molar-refractivity contribution is 5.73. The monoisotopic (exact) mass is 321 g/mol. The summed E-state index contributed by atoms with van der Waals surface area (Å²) >= 11 is 0. The molecule has 1 saturated heterocycles. The fourth-order valence-electron chi connectivity index (χ4n) is 3.12. The Balaban J connectivity index is 1.81. The topological polar surface area (TPSA) is 94.1 Å². The van der Waals surface area contributed by atoms with Crippen LogP contribution in [-0.4, -0.2) is 47.4 Å². The molecule has 7 heteroatoms. The molecule has 0 bridgehead atoms. The van der Waals surface area contributed by atoms with E-state index in [9.17, 15) is 14.7 Å². The third-order valence-electron chi connectivity index (χ3n) is 4.01. The molecule has 0 spiro atoms. The normalized spacial score (nSPS) is 35.6. The molecule has 1 aliphatic heterocycles. The van der Waals surface area contributed by atoms with Gasteiger partial charge < -0.3 is 24.6 Å². The lowest BCUT2D eigenvalue weighted by atomic mass is 10.1. The molecule has 2 aliphatic rings. The number of esters is 1. The highest BCUT2D eigenvalue weighted by atomic mass is 16.7. The quantitative estimate of drug-likeness (QED) is 0.777. The minimum Gasteiger partial charge on any atom is -0.457 e. The molecule has 3 rings (SSSR count). The van der Waals surface area contributed by atoms with Gasteiger partial charge in [0.25, 0.3) is 0 Å². The molecule has 23 heavy (non-hydrogen) atoms. The van der Waals surface area contributed by atoms with Gasteiger partial charge in [0.2, 0.25) is 5.91 Å². The first-order valence-electron chi connectivity index (χ1n) is 7.45. The van der Waals surface area contributed by atoms with Crippen molar-refractivity contribution in [1.82, 2.24) is 5.32 Å². The SMILES string of the molecule is CC(=O)N[C@H]1[C@H](O)[C@@H]2O[C@H](c3ccccc3)O[C@@H]2[C@H]1OC(C)=O. The number of nitrogens with one attached hydrogen (secondary N) is 1. The van der Waals surface area contributed by atoms with Gasteiger partial charge in [0.05, 0.1) is 6.04 Å². The summed E-state index contributed by atoms with van der Waals surface area (Å²) in [5.74, 6) is -0.837. The van der Waals surface area contributed by atoms with Crippen molar-refractivity contribution in [2.24, 2.45) is 0 Å². The Labute approximate surface area is 133 Å². The zero-order valence-electron chi connectivity index (χ0n) is 12.8. The number of amides is 1. The summed E-state index contributed by atoms with van der Waals surface area (Å²) in [6, 6.07) is 8.53. The lowest BCUT2D eigenvalue weighted by Crippen LogP contribution is -2.49. The lowest BCUT2D eigenvalue weighted by Gasteiger charge is -2.26. The third kappa shape index (κ3) is 3.08. The number of carbonyl (C=O) groups is 2. The third-order valence-corrected chi connectivity index (χ3v) is 4.01. The number of rotatable bonds is 3. The minimum absolute atomic E-state index is 0.328. The smallest absolute Gasteiger partial charge is 0.303 e. The van der Waals surface area contributed by atoms with E-state index in [0.29, 0.717) is 0 Å². The number of ether oxygens (including phenoxy) is 3. The fraction of sp³-hybridized carbons (Fsp3) is 0.500. The summed E-state index contributed by atoms with van der Waals surface area (Å²) in [5, 5.41) is 13.0. The van der Waals surface area contributed by atoms with Crippen molar-refractivity contribution >= 4 is 11.9 Å². The van der Waals surface area contributed by atoms with Gasteiger partial charge in [-0.3, -0.25) is 9.59 Å². The molecule has 7 nitrogen and oxygen atoms in total. The highest BCUT2D eigenvalue weighted by Gasteiger charge is 2.58. The second kappa shape index (κ2) is 6.27. The molecule has 1 aliphatic carbocycles. The van der Waals surface area contributed by atoms with Gasteiger partial charge in [0, 0.05) is 19.4 Å². The van der Waals surface area contributed by atoms with Crippen LogP contribution in [0.25, 0.3) is 0 Å². The zero-order chi connectivity index (χ0) is 16.6. The van der Waals surface area contributed by atoms with Gasteiger partial charge in [0.15, 0.2) is 12.4 Å². The number of hydrogen-bond donors (Lipinski definition) is 2. The summed E-state index contributed by atoms with van der Waals surface area (Å²) < 4.78 is 16.9. The van der Waals surface area contributed by atoms with E-state index < -0.39 is 42.7 Å². The Hall–Kier alpha value is -1.96. The molecule has 1 amide bonds. The summed E-state index contributed by atoms with van der Waals surface area (Å²) in [4.78, 5) is 22.7. The Kier molecular flexibility index (Phi) is 4.34. The van der Waals surface area contributed by atoms with Crippen LogP contribution >= 0.6 is 0 Å². The standard InChI is InChI=1S/C16H19NO6/c1-8(18)17-11-12(20)14-15(13(11)21-9(2)19)23-16(22-14)10-6-4-3-5-7-10/h3-7,11-16,20H,1-2H3,(H,17,18)/t11-,12-,13-,14-,15+,16-/m0/s1. The molecular weight excluding hydrogens is 302 g/mol. The van der Waals surface area contributed by atoms with E-state index in [1.165, 1.54) is 13.8 Å². The van der Waals surface area contributed by atoms with Crippen molar-refractivity contribution in [3.8, 4) is 0 Å². The largest absolute Gasteiger partial charge is 0.457 e. The van der Waals surface area contributed by atoms with Crippen LogP contribution in [0.3, 0.4) is 0 Å². The fourth-order valence-corrected chi connectivity index (χ4v) is 3.12. The predicted molar refractivity (Wildman–Crippen MR) is 78.1 cm³/mol. The maximum atomic E-state index is 11.4. The minimum atomic E-state index is -1.03. The summed E-state index contributed by atoms with van der Waals surface area (Å²) in [7, 11) is 0. The van der Waals surface area contributed by atoms with E-state index in [1.54, 1.807) is 0 Å². The first kappa shape index (κ1) is 15.9. The average Bonchev–Trinajstić information content (AvgIpc) is 3.03. The van der Waals surface area contributed by atoms with Crippen molar-refractivity contribution < 1.29 is 28.9 Å². The summed E-state index contributed by atoms with van der Waals surface area (Å²) in [6.07, 6.45) is -3.79. The van der Waals surface area contributed by atoms with Gasteiger partial charge in [-0.15, -0.1) is 0 Å². The van der Waals surface area contributed by atoms with Crippen LogP contribution in [0.5, 0.6) is 0 Å². The number of carbonyl (C=O) groups excluding carboxylic acids is 2. The van der Waals surface area contributed by atoms with Crippen LogP contribution < -0.4 is 5.32 Å². The van der Waals surface area contributed by atoms with E-state index in [4.69, 9.17) is 14.2 Å². The van der Waals surface area contributed by atoms with Crippen LogP contribution in [0, 0.1) is 0 Å². The van der Waals surface area contributed by atoms with Gasteiger partial charge >= 0.3 is 5.97 Å². The molecule has 1 aromatic rings. The molecule has 2 N–H and O–H groups in total. The lowest BCUT2D eigenvalue weighted by molar-refractivity contribution is -0.160. The predicted octanol–water partition coefficient (Wildman–Crippen LogP) is 0.280. The van der Waals surface area contributed by atoms with Crippen molar-refractivity contribution in [3.05, 3.63) is 35.9 Å². The molecule has 1 aromatic carbocycles. The van der Waals surface area contributed by atoms with Crippen LogP contribution in [0.1, 0.15) is 25.7 Å². The number of fused-ring (bicyclic) bond motifs is 1. The molecule has 1 saturated carbocycles. The van der Waals surface area contributed by atoms with Crippen molar-refractivity contribution in [2.75, 3.05) is 0 Å².